The molecule has 0 heterocycles. The van der Waals surface area contributed by atoms with Crippen LogP contribution in [0.15, 0.2) is 24.3 Å². The van der Waals surface area contributed by atoms with Crippen molar-refractivity contribution in [3.63, 3.8) is 0 Å². The Morgan fingerprint density at radius 2 is 2.00 bits per heavy atom. The van der Waals surface area contributed by atoms with Crippen molar-refractivity contribution in [2.75, 3.05) is 13.2 Å². The summed E-state index contributed by atoms with van der Waals surface area (Å²) in [7, 11) is -3.86. The molecule has 0 aliphatic heterocycles. The third kappa shape index (κ3) is 4.85. The van der Waals surface area contributed by atoms with E-state index in [4.69, 9.17) is 5.11 Å². The summed E-state index contributed by atoms with van der Waals surface area (Å²) in [6, 6.07) is 5.51. The summed E-state index contributed by atoms with van der Waals surface area (Å²) < 4.78 is 25.7. The van der Waals surface area contributed by atoms with E-state index in [1.807, 2.05) is 0 Å². The fourth-order valence-corrected chi connectivity index (χ4v) is 2.67. The van der Waals surface area contributed by atoms with Crippen molar-refractivity contribution in [1.82, 2.24) is 4.72 Å². The number of nitrogens with one attached hydrogen (secondary N) is 1. The standard InChI is InChI=1S/C11H16N2O6S/c1-11(15,8-14)7-12-20(18,19)6-9-4-2-3-5-10(9)13(16)17/h2-5,12,14-15H,6-8H2,1H3. The summed E-state index contributed by atoms with van der Waals surface area (Å²) >= 11 is 0. The van der Waals surface area contributed by atoms with Crippen LogP contribution < -0.4 is 4.72 Å². The van der Waals surface area contributed by atoms with Crippen molar-refractivity contribution in [1.29, 1.82) is 0 Å². The maximum absolute atomic E-state index is 11.8. The topological polar surface area (TPSA) is 130 Å². The van der Waals surface area contributed by atoms with E-state index in [0.717, 1.165) is 0 Å². The molecular weight excluding hydrogens is 288 g/mol. The number of aliphatic hydroxyl groups excluding tert-OH is 1. The summed E-state index contributed by atoms with van der Waals surface area (Å²) in [5, 5.41) is 29.1. The number of nitrogens with zero attached hydrogens (tertiary/aromatic N) is 1. The van der Waals surface area contributed by atoms with E-state index >= 15 is 0 Å². The van der Waals surface area contributed by atoms with Gasteiger partial charge >= 0.3 is 0 Å². The van der Waals surface area contributed by atoms with Crippen LogP contribution in [0.4, 0.5) is 5.69 Å². The Labute approximate surface area is 116 Å². The fraction of sp³-hybridized carbons (Fsp3) is 0.455. The Hall–Kier alpha value is -1.55. The van der Waals surface area contributed by atoms with Gasteiger partial charge in [-0.05, 0) is 6.92 Å². The lowest BCUT2D eigenvalue weighted by atomic mass is 10.1. The molecular formula is C11H16N2O6S. The summed E-state index contributed by atoms with van der Waals surface area (Å²) in [5.74, 6) is -0.578. The number of hydrogen-bond donors (Lipinski definition) is 3. The van der Waals surface area contributed by atoms with Gasteiger partial charge in [-0.2, -0.15) is 0 Å². The first-order chi connectivity index (χ1) is 9.17. The van der Waals surface area contributed by atoms with Gasteiger partial charge in [0, 0.05) is 18.2 Å². The van der Waals surface area contributed by atoms with Gasteiger partial charge in [-0.15, -0.1) is 0 Å². The highest BCUT2D eigenvalue weighted by Gasteiger charge is 2.24. The van der Waals surface area contributed by atoms with Crippen LogP contribution >= 0.6 is 0 Å². The molecule has 0 saturated carbocycles. The van der Waals surface area contributed by atoms with Crippen molar-refractivity contribution in [3.05, 3.63) is 39.9 Å². The maximum atomic E-state index is 11.8. The molecule has 1 aromatic carbocycles. The molecule has 0 spiro atoms. The predicted octanol–water partition coefficient (Wildman–Crippen LogP) is -0.242. The SMILES string of the molecule is CC(O)(CO)CNS(=O)(=O)Cc1ccccc1[N+](=O)[O-]. The monoisotopic (exact) mass is 304 g/mol. The first kappa shape index (κ1) is 16.5. The van der Waals surface area contributed by atoms with Crippen molar-refractivity contribution in [2.45, 2.75) is 18.3 Å². The summed E-state index contributed by atoms with van der Waals surface area (Å²) in [4.78, 5) is 10.1. The quantitative estimate of drug-likeness (QED) is 0.471. The summed E-state index contributed by atoms with van der Waals surface area (Å²) in [6.45, 7) is 0.272. The van der Waals surface area contributed by atoms with Crippen LogP contribution in [-0.2, 0) is 15.8 Å². The molecule has 0 fully saturated rings. The van der Waals surface area contributed by atoms with Crippen LogP contribution in [0.5, 0.6) is 0 Å². The molecule has 0 aromatic heterocycles. The average molecular weight is 304 g/mol. The second-order valence-electron chi connectivity index (χ2n) is 4.62. The zero-order valence-electron chi connectivity index (χ0n) is 10.8. The molecule has 1 atom stereocenters. The zero-order chi connectivity index (χ0) is 15.4. The van der Waals surface area contributed by atoms with Crippen molar-refractivity contribution in [3.8, 4) is 0 Å². The minimum absolute atomic E-state index is 0.0497. The van der Waals surface area contributed by atoms with Crippen LogP contribution in [0.3, 0.4) is 0 Å². The highest BCUT2D eigenvalue weighted by Crippen LogP contribution is 2.19. The normalized spacial score (nSPS) is 14.8. The van der Waals surface area contributed by atoms with Gasteiger partial charge in [0.2, 0.25) is 10.0 Å². The van der Waals surface area contributed by atoms with Crippen LogP contribution in [0.1, 0.15) is 12.5 Å². The van der Waals surface area contributed by atoms with Crippen molar-refractivity contribution in [2.24, 2.45) is 0 Å². The van der Waals surface area contributed by atoms with Crippen LogP contribution in [0.2, 0.25) is 0 Å². The highest BCUT2D eigenvalue weighted by molar-refractivity contribution is 7.88. The van der Waals surface area contributed by atoms with Gasteiger partial charge in [-0.25, -0.2) is 13.1 Å². The summed E-state index contributed by atoms with van der Waals surface area (Å²) in [5.41, 5.74) is -1.82. The maximum Gasteiger partial charge on any atom is 0.273 e. The van der Waals surface area contributed by atoms with Gasteiger partial charge < -0.3 is 10.2 Å². The van der Waals surface area contributed by atoms with Gasteiger partial charge in [-0.3, -0.25) is 10.1 Å². The third-order valence-electron chi connectivity index (χ3n) is 2.55. The van der Waals surface area contributed by atoms with E-state index in [0.29, 0.717) is 0 Å². The molecule has 9 heteroatoms. The van der Waals surface area contributed by atoms with Gasteiger partial charge in [0.15, 0.2) is 0 Å². The fourth-order valence-electron chi connectivity index (χ4n) is 1.39. The number of sulfonamides is 1. The molecule has 8 nitrogen and oxygen atoms in total. The van der Waals surface area contributed by atoms with E-state index in [1.165, 1.54) is 31.2 Å². The average Bonchev–Trinajstić information content (AvgIpc) is 2.37. The van der Waals surface area contributed by atoms with Gasteiger partial charge in [0.05, 0.1) is 22.9 Å². The smallest absolute Gasteiger partial charge is 0.273 e. The molecule has 1 rings (SSSR count). The van der Waals surface area contributed by atoms with Crippen LogP contribution in [0, 0.1) is 10.1 Å². The molecule has 1 aromatic rings. The minimum Gasteiger partial charge on any atom is -0.393 e. The lowest BCUT2D eigenvalue weighted by Crippen LogP contribution is -2.43. The number of nitro groups is 1. The lowest BCUT2D eigenvalue weighted by Gasteiger charge is -2.20. The molecule has 112 valence electrons. The molecule has 20 heavy (non-hydrogen) atoms. The van der Waals surface area contributed by atoms with E-state index in [1.54, 1.807) is 0 Å². The van der Waals surface area contributed by atoms with Gasteiger partial charge in [0.25, 0.3) is 5.69 Å². The Morgan fingerprint density at radius 1 is 1.40 bits per heavy atom. The summed E-state index contributed by atoms with van der Waals surface area (Å²) in [6.07, 6.45) is 0. The Morgan fingerprint density at radius 3 is 2.55 bits per heavy atom. The first-order valence-electron chi connectivity index (χ1n) is 5.70. The second-order valence-corrected chi connectivity index (χ2v) is 6.43. The van der Waals surface area contributed by atoms with Gasteiger partial charge in [0.1, 0.15) is 0 Å². The molecule has 0 amide bonds. The number of nitro benzene ring substituents is 1. The Balaban J connectivity index is 2.85. The van der Waals surface area contributed by atoms with Crippen LogP contribution in [-0.4, -0.2) is 42.3 Å². The Bertz CT molecular complexity index is 584. The highest BCUT2D eigenvalue weighted by atomic mass is 32.2. The van der Waals surface area contributed by atoms with E-state index in [2.05, 4.69) is 4.72 Å². The largest absolute Gasteiger partial charge is 0.393 e. The van der Waals surface area contributed by atoms with Crippen molar-refractivity contribution < 1.29 is 23.6 Å². The molecule has 3 N–H and O–H groups in total. The Kier molecular flexibility index (Phi) is 5.17. The van der Waals surface area contributed by atoms with Gasteiger partial charge in [-0.1, -0.05) is 18.2 Å². The van der Waals surface area contributed by atoms with E-state index in [-0.39, 0.29) is 17.8 Å². The van der Waals surface area contributed by atoms with E-state index in [9.17, 15) is 23.6 Å². The van der Waals surface area contributed by atoms with Crippen LogP contribution in [0.25, 0.3) is 0 Å². The zero-order valence-corrected chi connectivity index (χ0v) is 11.6. The van der Waals surface area contributed by atoms with E-state index < -0.39 is 32.9 Å². The molecule has 1 unspecified atom stereocenters. The number of para-hydroxylation sites is 1. The molecule has 0 aliphatic carbocycles. The number of benzene rings is 1. The van der Waals surface area contributed by atoms with Crippen molar-refractivity contribution >= 4 is 15.7 Å². The first-order valence-corrected chi connectivity index (χ1v) is 7.35. The second kappa shape index (κ2) is 6.27. The molecule has 0 bridgehead atoms. The number of hydrogen-bond acceptors (Lipinski definition) is 6. The lowest BCUT2D eigenvalue weighted by molar-refractivity contribution is -0.385. The molecule has 0 saturated heterocycles. The third-order valence-corrected chi connectivity index (χ3v) is 3.82. The number of rotatable bonds is 7. The predicted molar refractivity (Wildman–Crippen MR) is 71.4 cm³/mol. The number of aliphatic hydroxyl groups is 2. The molecule has 0 radical (unpaired) electrons. The molecule has 0 aliphatic rings. The minimum atomic E-state index is -3.86.